The van der Waals surface area contributed by atoms with Gasteiger partial charge in [-0.15, -0.1) is 0 Å². The maximum absolute atomic E-state index is 12.0. The van der Waals surface area contributed by atoms with E-state index in [0.717, 1.165) is 11.8 Å². The Kier molecular flexibility index (Phi) is 5.74. The minimum Gasteiger partial charge on any atom is -0.457 e. The summed E-state index contributed by atoms with van der Waals surface area (Å²) in [6.07, 6.45) is 3.92. The molecular weight excluding hydrogens is 380 g/mol. The van der Waals surface area contributed by atoms with Crippen LogP contribution in [0, 0.1) is 17.0 Å². The molecule has 29 heavy (non-hydrogen) atoms. The van der Waals surface area contributed by atoms with Gasteiger partial charge in [-0.05, 0) is 43.3 Å². The Labute approximate surface area is 164 Å². The predicted octanol–water partition coefficient (Wildman–Crippen LogP) is 2.87. The molecule has 0 aliphatic carbocycles. The fourth-order valence-corrected chi connectivity index (χ4v) is 2.22. The molecule has 3 rings (SSSR count). The molecule has 0 atom stereocenters. The van der Waals surface area contributed by atoms with Crippen LogP contribution in [0.4, 0.5) is 5.69 Å². The molecule has 0 aliphatic rings. The third kappa shape index (κ3) is 4.89. The van der Waals surface area contributed by atoms with E-state index in [2.05, 4.69) is 15.5 Å². The Hall–Kier alpha value is -4.34. The molecule has 1 N–H and O–H groups in total. The molecule has 2 heterocycles. The summed E-state index contributed by atoms with van der Waals surface area (Å²) >= 11 is 0. The van der Waals surface area contributed by atoms with Crippen LogP contribution in [0.3, 0.4) is 0 Å². The highest BCUT2D eigenvalue weighted by atomic mass is 16.6. The maximum Gasteiger partial charge on any atom is 0.379 e. The van der Waals surface area contributed by atoms with Crippen LogP contribution in [-0.4, -0.2) is 28.0 Å². The highest BCUT2D eigenvalue weighted by Gasteiger charge is 2.20. The molecule has 1 aromatic carbocycles. The van der Waals surface area contributed by atoms with Gasteiger partial charge in [0.25, 0.3) is 5.91 Å². The molecule has 10 nitrogen and oxygen atoms in total. The van der Waals surface area contributed by atoms with Crippen molar-refractivity contribution < 1.29 is 23.7 Å². The van der Waals surface area contributed by atoms with Gasteiger partial charge >= 0.3 is 11.7 Å². The molecule has 1 amide bonds. The second kappa shape index (κ2) is 8.57. The van der Waals surface area contributed by atoms with Crippen LogP contribution in [0.15, 0.2) is 64.4 Å². The monoisotopic (exact) mass is 394 g/mol. The zero-order valence-electron chi connectivity index (χ0n) is 15.1. The minimum absolute atomic E-state index is 0.0850. The van der Waals surface area contributed by atoms with Crippen LogP contribution in [-0.2, 0) is 0 Å². The maximum atomic E-state index is 12.0. The first kappa shape index (κ1) is 19.4. The summed E-state index contributed by atoms with van der Waals surface area (Å²) in [6.45, 7) is 1.79. The van der Waals surface area contributed by atoms with Crippen molar-refractivity contribution in [2.24, 2.45) is 5.10 Å². The van der Waals surface area contributed by atoms with Gasteiger partial charge < -0.3 is 9.15 Å². The van der Waals surface area contributed by atoms with Gasteiger partial charge in [0.2, 0.25) is 11.5 Å². The number of carbonyl (C=O) groups excluding carboxylic acids is 2. The van der Waals surface area contributed by atoms with E-state index >= 15 is 0 Å². The van der Waals surface area contributed by atoms with Crippen molar-refractivity contribution in [3.63, 3.8) is 0 Å². The van der Waals surface area contributed by atoms with E-state index in [1.807, 2.05) is 0 Å². The van der Waals surface area contributed by atoms with Crippen LogP contribution >= 0.6 is 0 Å². The average molecular weight is 394 g/mol. The SMILES string of the molecule is Cc1ccc(C(=O)NN=Cc2ccc(OC(=O)c3ccco3)c([N+](=O)[O-])c2)cn1. The molecule has 146 valence electrons. The topological polar surface area (TPSA) is 137 Å². The lowest BCUT2D eigenvalue weighted by atomic mass is 10.2. The Morgan fingerprint density at radius 1 is 1.28 bits per heavy atom. The Bertz CT molecular complexity index is 1070. The summed E-state index contributed by atoms with van der Waals surface area (Å²) in [6, 6.07) is 10.0. The molecule has 0 spiro atoms. The number of rotatable bonds is 6. The quantitative estimate of drug-likeness (QED) is 0.223. The van der Waals surface area contributed by atoms with Gasteiger partial charge in [-0.3, -0.25) is 19.9 Å². The van der Waals surface area contributed by atoms with E-state index in [4.69, 9.17) is 9.15 Å². The first-order valence-corrected chi connectivity index (χ1v) is 8.24. The predicted molar refractivity (Wildman–Crippen MR) is 101 cm³/mol. The standard InChI is InChI=1S/C19H14N4O6/c1-12-4-6-14(11-20-12)18(24)22-21-10-13-5-7-16(15(9-13)23(26)27)29-19(25)17-3-2-8-28-17/h2-11H,1H3,(H,22,24). The fraction of sp³-hybridized carbons (Fsp3) is 0.0526. The van der Waals surface area contributed by atoms with E-state index in [9.17, 15) is 19.7 Å². The molecule has 2 aromatic heterocycles. The van der Waals surface area contributed by atoms with Crippen molar-refractivity contribution in [2.75, 3.05) is 0 Å². The van der Waals surface area contributed by atoms with Crippen molar-refractivity contribution in [3.8, 4) is 5.75 Å². The molecule has 0 unspecified atom stereocenters. The van der Waals surface area contributed by atoms with Crippen molar-refractivity contribution in [1.29, 1.82) is 0 Å². The summed E-state index contributed by atoms with van der Waals surface area (Å²) < 4.78 is 9.92. The van der Waals surface area contributed by atoms with Crippen molar-refractivity contribution in [1.82, 2.24) is 10.4 Å². The minimum atomic E-state index is -0.863. The van der Waals surface area contributed by atoms with Crippen LogP contribution in [0.2, 0.25) is 0 Å². The first-order valence-electron chi connectivity index (χ1n) is 8.24. The lowest BCUT2D eigenvalue weighted by molar-refractivity contribution is -0.385. The first-order chi connectivity index (χ1) is 13.9. The number of nitrogens with one attached hydrogen (secondary N) is 1. The van der Waals surface area contributed by atoms with Gasteiger partial charge in [0.15, 0.2) is 0 Å². The van der Waals surface area contributed by atoms with E-state index < -0.39 is 22.5 Å². The van der Waals surface area contributed by atoms with Gasteiger partial charge in [0.1, 0.15) is 0 Å². The van der Waals surface area contributed by atoms with E-state index in [-0.39, 0.29) is 11.5 Å². The molecule has 3 aromatic rings. The number of furan rings is 1. The Morgan fingerprint density at radius 2 is 2.10 bits per heavy atom. The van der Waals surface area contributed by atoms with Gasteiger partial charge in [-0.1, -0.05) is 0 Å². The van der Waals surface area contributed by atoms with Gasteiger partial charge in [0.05, 0.1) is 23.0 Å². The van der Waals surface area contributed by atoms with Crippen molar-refractivity contribution in [2.45, 2.75) is 6.92 Å². The second-order valence-corrected chi connectivity index (χ2v) is 5.74. The number of hydrazone groups is 1. The number of hydrogen-bond acceptors (Lipinski definition) is 8. The highest BCUT2D eigenvalue weighted by Crippen LogP contribution is 2.28. The van der Waals surface area contributed by atoms with Gasteiger partial charge in [0, 0.05) is 23.5 Å². The molecule has 10 heteroatoms. The van der Waals surface area contributed by atoms with Crippen LogP contribution in [0.5, 0.6) is 5.75 Å². The number of nitro groups is 1. The van der Waals surface area contributed by atoms with Crippen LogP contribution in [0.25, 0.3) is 0 Å². The number of ether oxygens (including phenoxy) is 1. The molecule has 0 fully saturated rings. The zero-order chi connectivity index (χ0) is 20.8. The number of aromatic nitrogens is 1. The van der Waals surface area contributed by atoms with Crippen LogP contribution < -0.4 is 10.2 Å². The van der Waals surface area contributed by atoms with Gasteiger partial charge in [-0.2, -0.15) is 5.10 Å². The summed E-state index contributed by atoms with van der Waals surface area (Å²) in [5.41, 5.74) is 3.27. The number of aryl methyl sites for hydroxylation is 1. The van der Waals surface area contributed by atoms with Crippen LogP contribution in [0.1, 0.15) is 32.2 Å². The number of amides is 1. The molecule has 0 saturated heterocycles. The average Bonchev–Trinajstić information content (AvgIpc) is 3.24. The van der Waals surface area contributed by atoms with E-state index in [0.29, 0.717) is 11.1 Å². The number of hydrogen-bond donors (Lipinski definition) is 1. The fourth-order valence-electron chi connectivity index (χ4n) is 2.22. The Morgan fingerprint density at radius 3 is 2.76 bits per heavy atom. The number of nitrogens with zero attached hydrogens (tertiary/aromatic N) is 3. The number of carbonyl (C=O) groups is 2. The largest absolute Gasteiger partial charge is 0.457 e. The molecular formula is C19H14N4O6. The zero-order valence-corrected chi connectivity index (χ0v) is 15.1. The molecule has 0 aliphatic heterocycles. The van der Waals surface area contributed by atoms with Gasteiger partial charge in [-0.25, -0.2) is 10.2 Å². The lowest BCUT2D eigenvalue weighted by Gasteiger charge is -2.04. The smallest absolute Gasteiger partial charge is 0.379 e. The number of nitro benzene ring substituents is 1. The lowest BCUT2D eigenvalue weighted by Crippen LogP contribution is -2.17. The summed E-state index contributed by atoms with van der Waals surface area (Å²) in [7, 11) is 0. The van der Waals surface area contributed by atoms with Crippen molar-refractivity contribution in [3.05, 3.63) is 87.6 Å². The third-order valence-electron chi connectivity index (χ3n) is 3.66. The second-order valence-electron chi connectivity index (χ2n) is 5.74. The summed E-state index contributed by atoms with van der Waals surface area (Å²) in [4.78, 5) is 38.5. The Balaban J connectivity index is 1.71. The van der Waals surface area contributed by atoms with E-state index in [1.54, 1.807) is 19.1 Å². The number of pyridine rings is 1. The highest BCUT2D eigenvalue weighted by molar-refractivity contribution is 5.94. The van der Waals surface area contributed by atoms with E-state index in [1.165, 1.54) is 42.9 Å². The normalized spacial score (nSPS) is 10.7. The molecule has 0 bridgehead atoms. The molecule has 0 saturated carbocycles. The summed E-state index contributed by atoms with van der Waals surface area (Å²) in [5.74, 6) is -1.67. The number of esters is 1. The number of benzene rings is 1. The molecule has 0 radical (unpaired) electrons. The summed E-state index contributed by atoms with van der Waals surface area (Å²) in [5, 5.41) is 15.1. The third-order valence-corrected chi connectivity index (χ3v) is 3.66. The van der Waals surface area contributed by atoms with Crippen molar-refractivity contribution >= 4 is 23.8 Å².